The Labute approximate surface area is 110 Å². The molecule has 1 aliphatic rings. The minimum Gasteiger partial charge on any atom is -0.376 e. The second-order valence-corrected chi connectivity index (χ2v) is 4.53. The van der Waals surface area contributed by atoms with Crippen LogP contribution in [0.3, 0.4) is 0 Å². The summed E-state index contributed by atoms with van der Waals surface area (Å²) in [7, 11) is 0. The van der Waals surface area contributed by atoms with E-state index in [2.05, 4.69) is 16.7 Å². The molecule has 0 bridgehead atoms. The normalized spacial score (nSPS) is 15.1. The Morgan fingerprint density at radius 3 is 3.00 bits per heavy atom. The van der Waals surface area contributed by atoms with Crippen LogP contribution in [-0.4, -0.2) is 24.6 Å². The van der Waals surface area contributed by atoms with Crippen LogP contribution in [0, 0.1) is 10.1 Å². The highest BCUT2D eigenvalue weighted by Crippen LogP contribution is 2.27. The fraction of sp³-hybridized carbons (Fsp3) is 0.333. The van der Waals surface area contributed by atoms with E-state index in [1.807, 2.05) is 0 Å². The van der Waals surface area contributed by atoms with E-state index in [1.165, 1.54) is 17.7 Å². The van der Waals surface area contributed by atoms with Gasteiger partial charge >= 0.3 is 0 Å². The predicted molar refractivity (Wildman–Crippen MR) is 72.2 cm³/mol. The molecule has 0 saturated heterocycles. The molecular weight excluding hydrogens is 254 g/mol. The van der Waals surface area contributed by atoms with E-state index in [9.17, 15) is 10.1 Å². The second kappa shape index (κ2) is 5.84. The molecule has 0 unspecified atom stereocenters. The number of nitro benzene ring substituents is 1. The van der Waals surface area contributed by atoms with Crippen molar-refractivity contribution in [2.75, 3.05) is 25.0 Å². The van der Waals surface area contributed by atoms with Gasteiger partial charge in [0.2, 0.25) is 0 Å². The van der Waals surface area contributed by atoms with Gasteiger partial charge in [-0.1, -0.05) is 23.3 Å². The van der Waals surface area contributed by atoms with Gasteiger partial charge in [0.1, 0.15) is 5.69 Å². The first-order valence-electron chi connectivity index (χ1n) is 5.73. The molecule has 0 saturated carbocycles. The minimum atomic E-state index is -0.407. The summed E-state index contributed by atoms with van der Waals surface area (Å²) in [5.41, 5.74) is 1.77. The van der Waals surface area contributed by atoms with Crippen LogP contribution in [0.1, 0.15) is 6.42 Å². The van der Waals surface area contributed by atoms with Crippen LogP contribution in [-0.2, 0) is 0 Å². The highest BCUT2D eigenvalue weighted by molar-refractivity contribution is 6.31. The van der Waals surface area contributed by atoms with Crippen LogP contribution in [0.25, 0.3) is 0 Å². The Balaban J connectivity index is 2.10. The Kier molecular flexibility index (Phi) is 4.17. The van der Waals surface area contributed by atoms with Crippen LogP contribution in [0.4, 0.5) is 11.4 Å². The first-order valence-corrected chi connectivity index (χ1v) is 6.11. The van der Waals surface area contributed by atoms with Crippen molar-refractivity contribution in [3.8, 4) is 0 Å². The molecule has 0 spiro atoms. The summed E-state index contributed by atoms with van der Waals surface area (Å²) in [6.45, 7) is 2.42. The standard InChI is InChI=1S/C12H14ClN3O2/c13-10-1-2-12(16(17)18)11(7-10)15-8-9-3-5-14-6-4-9/h1-3,7,14-15H,4-6,8H2. The van der Waals surface area contributed by atoms with E-state index < -0.39 is 4.92 Å². The quantitative estimate of drug-likeness (QED) is 0.500. The molecule has 0 atom stereocenters. The molecule has 1 aliphatic heterocycles. The zero-order valence-electron chi connectivity index (χ0n) is 9.78. The lowest BCUT2D eigenvalue weighted by atomic mass is 10.1. The number of nitro groups is 1. The highest BCUT2D eigenvalue weighted by Gasteiger charge is 2.14. The van der Waals surface area contributed by atoms with Gasteiger partial charge < -0.3 is 10.6 Å². The lowest BCUT2D eigenvalue weighted by Gasteiger charge is -2.15. The third kappa shape index (κ3) is 3.21. The average molecular weight is 268 g/mol. The molecule has 1 aromatic carbocycles. The zero-order valence-corrected chi connectivity index (χ0v) is 10.5. The number of nitrogens with one attached hydrogen (secondary N) is 2. The Morgan fingerprint density at radius 1 is 1.50 bits per heavy atom. The summed E-state index contributed by atoms with van der Waals surface area (Å²) in [4.78, 5) is 10.5. The van der Waals surface area contributed by atoms with Crippen LogP contribution < -0.4 is 10.6 Å². The van der Waals surface area contributed by atoms with Gasteiger partial charge in [-0.05, 0) is 25.1 Å². The van der Waals surface area contributed by atoms with Gasteiger partial charge in [0, 0.05) is 24.2 Å². The van der Waals surface area contributed by atoms with E-state index in [0.717, 1.165) is 19.5 Å². The average Bonchev–Trinajstić information content (AvgIpc) is 2.37. The molecule has 18 heavy (non-hydrogen) atoms. The number of halogens is 1. The van der Waals surface area contributed by atoms with Gasteiger partial charge in [-0.15, -0.1) is 0 Å². The molecule has 0 radical (unpaired) electrons. The highest BCUT2D eigenvalue weighted by atomic mass is 35.5. The topological polar surface area (TPSA) is 67.2 Å². The molecule has 6 heteroatoms. The molecule has 96 valence electrons. The van der Waals surface area contributed by atoms with Crippen molar-refractivity contribution in [3.05, 3.63) is 45.0 Å². The monoisotopic (exact) mass is 267 g/mol. The van der Waals surface area contributed by atoms with Crippen LogP contribution in [0.15, 0.2) is 29.8 Å². The summed E-state index contributed by atoms with van der Waals surface area (Å²) >= 11 is 5.86. The van der Waals surface area contributed by atoms with Gasteiger partial charge in [-0.25, -0.2) is 0 Å². The Morgan fingerprint density at radius 2 is 2.33 bits per heavy atom. The summed E-state index contributed by atoms with van der Waals surface area (Å²) in [6.07, 6.45) is 3.06. The molecule has 2 N–H and O–H groups in total. The van der Waals surface area contributed by atoms with Crippen LogP contribution >= 0.6 is 11.6 Å². The summed E-state index contributed by atoms with van der Waals surface area (Å²) in [5, 5.41) is 17.7. The van der Waals surface area contributed by atoms with Gasteiger partial charge in [0.05, 0.1) is 4.92 Å². The summed E-state index contributed by atoms with van der Waals surface area (Å²) < 4.78 is 0. The lowest BCUT2D eigenvalue weighted by Crippen LogP contribution is -2.23. The van der Waals surface area contributed by atoms with E-state index in [1.54, 1.807) is 6.07 Å². The van der Waals surface area contributed by atoms with E-state index in [-0.39, 0.29) is 5.69 Å². The third-order valence-electron chi connectivity index (χ3n) is 2.82. The largest absolute Gasteiger partial charge is 0.376 e. The molecule has 0 aliphatic carbocycles. The maximum absolute atomic E-state index is 10.9. The van der Waals surface area contributed by atoms with Gasteiger partial charge in [-0.3, -0.25) is 10.1 Å². The number of hydrogen-bond donors (Lipinski definition) is 2. The first kappa shape index (κ1) is 12.9. The molecule has 0 aromatic heterocycles. The molecule has 1 aromatic rings. The second-order valence-electron chi connectivity index (χ2n) is 4.09. The van der Waals surface area contributed by atoms with E-state index >= 15 is 0 Å². The Hall–Kier alpha value is -1.59. The smallest absolute Gasteiger partial charge is 0.292 e. The number of nitrogens with zero attached hydrogens (tertiary/aromatic N) is 1. The van der Waals surface area contributed by atoms with Crippen molar-refractivity contribution in [2.24, 2.45) is 0 Å². The number of anilines is 1. The van der Waals surface area contributed by atoms with Gasteiger partial charge in [0.25, 0.3) is 5.69 Å². The molecular formula is C12H14ClN3O2. The van der Waals surface area contributed by atoms with Crippen molar-refractivity contribution in [3.63, 3.8) is 0 Å². The van der Waals surface area contributed by atoms with Crippen molar-refractivity contribution in [2.45, 2.75) is 6.42 Å². The van der Waals surface area contributed by atoms with Crippen molar-refractivity contribution in [1.29, 1.82) is 0 Å². The molecule has 0 amide bonds. The summed E-state index contributed by atoms with van der Waals surface area (Å²) in [5.74, 6) is 0. The van der Waals surface area contributed by atoms with Crippen molar-refractivity contribution < 1.29 is 4.92 Å². The van der Waals surface area contributed by atoms with Crippen LogP contribution in [0.5, 0.6) is 0 Å². The lowest BCUT2D eigenvalue weighted by molar-refractivity contribution is -0.383. The summed E-state index contributed by atoms with van der Waals surface area (Å²) in [6, 6.07) is 4.53. The van der Waals surface area contributed by atoms with Crippen molar-refractivity contribution >= 4 is 23.0 Å². The number of rotatable bonds is 4. The first-order chi connectivity index (χ1) is 8.66. The van der Waals surface area contributed by atoms with Crippen LogP contribution in [0.2, 0.25) is 5.02 Å². The fourth-order valence-corrected chi connectivity index (χ4v) is 2.02. The number of benzene rings is 1. The minimum absolute atomic E-state index is 0.0499. The third-order valence-corrected chi connectivity index (χ3v) is 3.05. The number of hydrogen-bond acceptors (Lipinski definition) is 4. The molecule has 5 nitrogen and oxygen atoms in total. The predicted octanol–water partition coefficient (Wildman–Crippen LogP) is 2.58. The molecule has 1 heterocycles. The van der Waals surface area contributed by atoms with Crippen molar-refractivity contribution in [1.82, 2.24) is 5.32 Å². The zero-order chi connectivity index (χ0) is 13.0. The SMILES string of the molecule is O=[N+]([O-])c1ccc(Cl)cc1NCC1=CCNCC1. The van der Waals surface area contributed by atoms with Gasteiger partial charge in [0.15, 0.2) is 0 Å². The van der Waals surface area contributed by atoms with E-state index in [4.69, 9.17) is 11.6 Å². The Bertz CT molecular complexity index is 488. The van der Waals surface area contributed by atoms with E-state index in [0.29, 0.717) is 17.3 Å². The maximum Gasteiger partial charge on any atom is 0.292 e. The van der Waals surface area contributed by atoms with Gasteiger partial charge in [-0.2, -0.15) is 0 Å². The molecule has 2 rings (SSSR count). The maximum atomic E-state index is 10.9. The molecule has 0 fully saturated rings. The fourth-order valence-electron chi connectivity index (χ4n) is 1.85.